The summed E-state index contributed by atoms with van der Waals surface area (Å²) in [5.74, 6) is -0.478. The van der Waals surface area contributed by atoms with Gasteiger partial charge in [-0.2, -0.15) is 4.31 Å². The molecule has 0 saturated carbocycles. The zero-order valence-electron chi connectivity index (χ0n) is 19.0. The Hall–Kier alpha value is -3.20. The molecule has 1 saturated heterocycles. The van der Waals surface area contributed by atoms with Gasteiger partial charge in [-0.25, -0.2) is 13.2 Å². The lowest BCUT2D eigenvalue weighted by atomic mass is 9.96. The molecule has 1 aliphatic rings. The van der Waals surface area contributed by atoms with Crippen LogP contribution >= 0.6 is 0 Å². The minimum Gasteiger partial charge on any atom is -0.408 e. The van der Waals surface area contributed by atoms with Gasteiger partial charge in [0.1, 0.15) is 0 Å². The summed E-state index contributed by atoms with van der Waals surface area (Å²) in [6, 6.07) is 25.3. The standard InChI is InChI=1S/C26H27N3O4S/c1-2-29-23-14-13-22(19-24(23)33-26(29)30)34(31,32)28-17-15-27(16-18-28)25(20-9-5-3-6-10-20)21-11-7-4-8-12-21/h3-14,19,25H,2,15-18H2,1H3. The van der Waals surface area contributed by atoms with Gasteiger partial charge in [0.15, 0.2) is 5.58 Å². The maximum Gasteiger partial charge on any atom is 0.419 e. The molecular weight excluding hydrogens is 450 g/mol. The monoisotopic (exact) mass is 477 g/mol. The number of sulfonamides is 1. The fourth-order valence-corrected chi connectivity index (χ4v) is 6.18. The van der Waals surface area contributed by atoms with Gasteiger partial charge in [-0.1, -0.05) is 60.7 Å². The quantitative estimate of drug-likeness (QED) is 0.423. The predicted molar refractivity (Wildman–Crippen MR) is 131 cm³/mol. The van der Waals surface area contributed by atoms with Gasteiger partial charge < -0.3 is 4.42 Å². The highest BCUT2D eigenvalue weighted by atomic mass is 32.2. The van der Waals surface area contributed by atoms with Crippen LogP contribution in [0.15, 0.2) is 93.0 Å². The second kappa shape index (κ2) is 9.21. The highest BCUT2D eigenvalue weighted by Gasteiger charge is 2.32. The topological polar surface area (TPSA) is 75.8 Å². The molecule has 1 aromatic heterocycles. The second-order valence-corrected chi connectivity index (χ2v) is 10.3. The van der Waals surface area contributed by atoms with Crippen molar-refractivity contribution in [3.8, 4) is 0 Å². The van der Waals surface area contributed by atoms with Gasteiger partial charge in [0.25, 0.3) is 0 Å². The number of hydrogen-bond donors (Lipinski definition) is 0. The lowest BCUT2D eigenvalue weighted by molar-refractivity contribution is 0.156. The third-order valence-electron chi connectivity index (χ3n) is 6.46. The van der Waals surface area contributed by atoms with Gasteiger partial charge in [0.05, 0.1) is 16.5 Å². The summed E-state index contributed by atoms with van der Waals surface area (Å²) in [6.45, 7) is 4.30. The summed E-state index contributed by atoms with van der Waals surface area (Å²) in [5, 5.41) is 0. The van der Waals surface area contributed by atoms with Crippen molar-refractivity contribution in [3.05, 3.63) is 101 Å². The molecule has 0 radical (unpaired) electrons. The Morgan fingerprint density at radius 2 is 1.44 bits per heavy atom. The summed E-state index contributed by atoms with van der Waals surface area (Å²) >= 11 is 0. The molecule has 7 nitrogen and oxygen atoms in total. The van der Waals surface area contributed by atoms with Crippen molar-refractivity contribution < 1.29 is 12.8 Å². The molecule has 8 heteroatoms. The minimum atomic E-state index is -3.71. The van der Waals surface area contributed by atoms with Crippen LogP contribution in [-0.2, 0) is 16.6 Å². The van der Waals surface area contributed by atoms with Gasteiger partial charge in [0, 0.05) is 38.8 Å². The van der Waals surface area contributed by atoms with Gasteiger partial charge in [-0.3, -0.25) is 9.47 Å². The van der Waals surface area contributed by atoms with E-state index < -0.39 is 15.8 Å². The van der Waals surface area contributed by atoms with E-state index in [4.69, 9.17) is 4.42 Å². The van der Waals surface area contributed by atoms with Crippen LogP contribution in [0.1, 0.15) is 24.1 Å². The molecule has 3 aromatic carbocycles. The molecule has 0 aliphatic carbocycles. The number of aryl methyl sites for hydroxylation is 1. The number of hydrogen-bond acceptors (Lipinski definition) is 5. The molecule has 1 aliphatic heterocycles. The Bertz CT molecular complexity index is 1400. The normalized spacial score (nSPS) is 15.8. The maximum absolute atomic E-state index is 13.4. The van der Waals surface area contributed by atoms with Crippen molar-refractivity contribution in [2.24, 2.45) is 0 Å². The summed E-state index contributed by atoms with van der Waals surface area (Å²) in [6.07, 6.45) is 0. The number of benzene rings is 3. The third kappa shape index (κ3) is 4.09. The van der Waals surface area contributed by atoms with E-state index in [0.717, 1.165) is 0 Å². The highest BCUT2D eigenvalue weighted by Crippen LogP contribution is 2.30. The van der Waals surface area contributed by atoms with Gasteiger partial charge in [0.2, 0.25) is 10.0 Å². The van der Waals surface area contributed by atoms with E-state index in [-0.39, 0.29) is 10.9 Å². The first kappa shape index (κ1) is 22.6. The smallest absolute Gasteiger partial charge is 0.408 e. The van der Waals surface area contributed by atoms with Crippen molar-refractivity contribution in [1.82, 2.24) is 13.8 Å². The van der Waals surface area contributed by atoms with Crippen LogP contribution < -0.4 is 5.76 Å². The van der Waals surface area contributed by atoms with Gasteiger partial charge in [-0.15, -0.1) is 0 Å². The lowest BCUT2D eigenvalue weighted by Gasteiger charge is -2.39. The first-order valence-corrected chi connectivity index (χ1v) is 12.9. The number of aromatic nitrogens is 1. The number of piperazine rings is 1. The third-order valence-corrected chi connectivity index (χ3v) is 8.36. The molecule has 1 fully saturated rings. The van der Waals surface area contributed by atoms with Crippen molar-refractivity contribution in [2.45, 2.75) is 24.4 Å². The van der Waals surface area contributed by atoms with E-state index in [1.54, 1.807) is 12.1 Å². The summed E-state index contributed by atoms with van der Waals surface area (Å²) < 4.78 is 35.1. The van der Waals surface area contributed by atoms with Crippen LogP contribution in [0.2, 0.25) is 0 Å². The summed E-state index contributed by atoms with van der Waals surface area (Å²) in [4.78, 5) is 14.5. The second-order valence-electron chi connectivity index (χ2n) is 8.41. The highest BCUT2D eigenvalue weighted by molar-refractivity contribution is 7.89. The predicted octanol–water partition coefficient (Wildman–Crippen LogP) is 3.71. The van der Waals surface area contributed by atoms with Crippen LogP contribution in [0.4, 0.5) is 0 Å². The van der Waals surface area contributed by atoms with E-state index in [1.807, 2.05) is 43.3 Å². The Kier molecular flexibility index (Phi) is 6.12. The summed E-state index contributed by atoms with van der Waals surface area (Å²) in [5.41, 5.74) is 3.27. The molecule has 2 heterocycles. The maximum atomic E-state index is 13.4. The molecule has 176 valence electrons. The molecule has 0 bridgehead atoms. The van der Waals surface area contributed by atoms with Crippen LogP contribution in [0.5, 0.6) is 0 Å². The van der Waals surface area contributed by atoms with Gasteiger partial charge in [-0.05, 0) is 30.2 Å². The molecule has 0 N–H and O–H groups in total. The zero-order valence-corrected chi connectivity index (χ0v) is 19.8. The van der Waals surface area contributed by atoms with Crippen molar-refractivity contribution >= 4 is 21.1 Å². The van der Waals surface area contributed by atoms with Crippen LogP contribution in [0.25, 0.3) is 11.1 Å². The van der Waals surface area contributed by atoms with E-state index >= 15 is 0 Å². The first-order chi connectivity index (χ1) is 16.5. The van der Waals surface area contributed by atoms with Crippen molar-refractivity contribution in [3.63, 3.8) is 0 Å². The van der Waals surface area contributed by atoms with Crippen molar-refractivity contribution in [1.29, 1.82) is 0 Å². The number of oxazole rings is 1. The Morgan fingerprint density at radius 1 is 0.853 bits per heavy atom. The van der Waals surface area contributed by atoms with Crippen LogP contribution in [0, 0.1) is 0 Å². The Morgan fingerprint density at radius 3 is 2.00 bits per heavy atom. The van der Waals surface area contributed by atoms with Crippen molar-refractivity contribution in [2.75, 3.05) is 26.2 Å². The minimum absolute atomic E-state index is 0.0617. The molecule has 0 amide bonds. The van der Waals surface area contributed by atoms with Crippen LogP contribution in [-0.4, -0.2) is 48.4 Å². The lowest BCUT2D eigenvalue weighted by Crippen LogP contribution is -2.49. The Balaban J connectivity index is 1.38. The van der Waals surface area contributed by atoms with E-state index in [2.05, 4.69) is 29.2 Å². The van der Waals surface area contributed by atoms with Gasteiger partial charge >= 0.3 is 5.76 Å². The molecule has 0 unspecified atom stereocenters. The molecule has 0 spiro atoms. The molecule has 34 heavy (non-hydrogen) atoms. The largest absolute Gasteiger partial charge is 0.419 e. The molecule has 0 atom stereocenters. The Labute approximate surface area is 198 Å². The molecule has 5 rings (SSSR count). The molecular formula is C26H27N3O4S. The van der Waals surface area contributed by atoms with Crippen LogP contribution in [0.3, 0.4) is 0 Å². The fourth-order valence-electron chi connectivity index (χ4n) is 4.74. The molecule has 4 aromatic rings. The average molecular weight is 478 g/mol. The summed E-state index contributed by atoms with van der Waals surface area (Å²) in [7, 11) is -3.71. The number of rotatable bonds is 6. The number of fused-ring (bicyclic) bond motifs is 1. The van der Waals surface area contributed by atoms with E-state index in [0.29, 0.717) is 43.8 Å². The average Bonchev–Trinajstić information content (AvgIpc) is 3.20. The first-order valence-electron chi connectivity index (χ1n) is 11.5. The number of nitrogens with zero attached hydrogens (tertiary/aromatic N) is 3. The zero-order chi connectivity index (χ0) is 23.7. The van der Waals surface area contributed by atoms with E-state index in [1.165, 1.54) is 26.1 Å². The fraction of sp³-hybridized carbons (Fsp3) is 0.269. The van der Waals surface area contributed by atoms with E-state index in [9.17, 15) is 13.2 Å². The SMILES string of the molecule is CCn1c(=O)oc2cc(S(=O)(=O)N3CCN(C(c4ccccc4)c4ccccc4)CC3)ccc21.